The summed E-state index contributed by atoms with van der Waals surface area (Å²) in [5, 5.41) is 18.1. The number of hydrogen-bond acceptors (Lipinski definition) is 8. The number of rotatable bonds is 8. The highest BCUT2D eigenvalue weighted by Gasteiger charge is 2.35. The number of aromatic nitrogens is 3. The van der Waals surface area contributed by atoms with E-state index in [0.717, 1.165) is 6.21 Å². The Balaban J connectivity index is 1.49. The Morgan fingerprint density at radius 1 is 1.34 bits per heavy atom. The molecule has 1 unspecified atom stereocenters. The van der Waals surface area contributed by atoms with Crippen molar-refractivity contribution in [3.63, 3.8) is 0 Å². The van der Waals surface area contributed by atoms with E-state index in [9.17, 15) is 18.0 Å². The van der Waals surface area contributed by atoms with Gasteiger partial charge in [0.2, 0.25) is 5.95 Å². The fourth-order valence-corrected chi connectivity index (χ4v) is 4.49. The van der Waals surface area contributed by atoms with Gasteiger partial charge < -0.3 is 26.5 Å². The molecule has 0 spiro atoms. The van der Waals surface area contributed by atoms with Gasteiger partial charge in [-0.15, -0.1) is 5.10 Å². The smallest absolute Gasteiger partial charge is 0.401 e. The van der Waals surface area contributed by atoms with Crippen LogP contribution in [-0.4, -0.2) is 70.7 Å². The first-order valence-corrected chi connectivity index (χ1v) is 11.9. The third-order valence-electron chi connectivity index (χ3n) is 6.08. The maximum absolute atomic E-state index is 12.9. The van der Waals surface area contributed by atoms with Crippen LogP contribution in [0.5, 0.6) is 5.75 Å². The van der Waals surface area contributed by atoms with Crippen LogP contribution in [0.25, 0.3) is 11.4 Å². The fraction of sp³-hybridized carbons (Fsp3) is 0.333. The number of hydrogen-bond donors (Lipinski definition) is 4. The van der Waals surface area contributed by atoms with Gasteiger partial charge in [0.1, 0.15) is 5.75 Å². The zero-order valence-corrected chi connectivity index (χ0v) is 21.3. The molecule has 38 heavy (non-hydrogen) atoms. The molecule has 202 valence electrons. The molecular weight excluding hydrogens is 525 g/mol. The quantitative estimate of drug-likeness (QED) is 0.247. The van der Waals surface area contributed by atoms with Gasteiger partial charge in [-0.05, 0) is 30.7 Å². The molecule has 1 saturated heterocycles. The molecule has 1 amide bonds. The number of nitrogens with two attached hydrogens (primary N) is 1. The topological polar surface area (TPSA) is 134 Å². The van der Waals surface area contributed by atoms with Gasteiger partial charge in [0, 0.05) is 49.2 Å². The van der Waals surface area contributed by atoms with E-state index in [0.29, 0.717) is 40.7 Å². The molecule has 1 aliphatic heterocycles. The van der Waals surface area contributed by atoms with Gasteiger partial charge >= 0.3 is 6.18 Å². The number of nitrogen functional groups attached to an aromatic ring is 1. The van der Waals surface area contributed by atoms with Crippen LogP contribution in [0.3, 0.4) is 0 Å². The van der Waals surface area contributed by atoms with Crippen molar-refractivity contribution in [1.29, 1.82) is 5.41 Å². The molecule has 0 aliphatic carbocycles. The Morgan fingerprint density at radius 3 is 2.79 bits per heavy atom. The van der Waals surface area contributed by atoms with Gasteiger partial charge in [-0.25, -0.2) is 4.68 Å². The molecule has 0 bridgehead atoms. The Bertz CT molecular complexity index is 1360. The lowest BCUT2D eigenvalue weighted by atomic mass is 10.1. The lowest BCUT2D eigenvalue weighted by Gasteiger charge is -2.18. The second kappa shape index (κ2) is 10.9. The summed E-state index contributed by atoms with van der Waals surface area (Å²) in [6.07, 6.45) is -2.78. The first-order chi connectivity index (χ1) is 18.0. The van der Waals surface area contributed by atoms with Crippen LogP contribution in [-0.2, 0) is 7.05 Å². The molecular formula is C24H26ClF3N8O2. The van der Waals surface area contributed by atoms with Crippen molar-refractivity contribution in [3.8, 4) is 17.1 Å². The summed E-state index contributed by atoms with van der Waals surface area (Å²) in [6.45, 7) is -0.620. The van der Waals surface area contributed by atoms with E-state index in [2.05, 4.69) is 20.7 Å². The van der Waals surface area contributed by atoms with E-state index in [1.165, 1.54) is 16.7 Å². The number of alkyl halides is 3. The largest absolute Gasteiger partial charge is 0.496 e. The zero-order valence-electron chi connectivity index (χ0n) is 20.6. The molecule has 1 aromatic heterocycles. The highest BCUT2D eigenvalue weighted by atomic mass is 35.5. The van der Waals surface area contributed by atoms with Gasteiger partial charge in [-0.3, -0.25) is 9.69 Å². The average molecular weight is 551 g/mol. The average Bonchev–Trinajstić information content (AvgIpc) is 3.45. The molecule has 0 saturated carbocycles. The maximum atomic E-state index is 12.9. The Hall–Kier alpha value is -3.84. The highest BCUT2D eigenvalue weighted by Crippen LogP contribution is 2.32. The Morgan fingerprint density at radius 2 is 2.11 bits per heavy atom. The van der Waals surface area contributed by atoms with E-state index >= 15 is 0 Å². The molecule has 0 radical (unpaired) electrons. The summed E-state index contributed by atoms with van der Waals surface area (Å²) in [7, 11) is 3.10. The summed E-state index contributed by atoms with van der Waals surface area (Å²) >= 11 is 6.37. The Labute approximate surface area is 221 Å². The van der Waals surface area contributed by atoms with E-state index in [1.54, 1.807) is 37.4 Å². The SMILES string of the molecule is COc1cc(-c2nc(Nc3ccc(N)c(C=N)c3Cl)n(C)n2)ccc1C(=O)NC1CCN(CC(F)(F)F)C1. The summed E-state index contributed by atoms with van der Waals surface area (Å²) in [5.74, 6) is 0.540. The van der Waals surface area contributed by atoms with Crippen molar-refractivity contribution in [2.75, 3.05) is 37.8 Å². The lowest BCUT2D eigenvalue weighted by molar-refractivity contribution is -0.143. The van der Waals surface area contributed by atoms with Crippen molar-refractivity contribution in [2.45, 2.75) is 18.6 Å². The summed E-state index contributed by atoms with van der Waals surface area (Å²) < 4.78 is 44.9. The second-order valence-electron chi connectivity index (χ2n) is 8.81. The second-order valence-corrected chi connectivity index (χ2v) is 9.18. The van der Waals surface area contributed by atoms with Crippen LogP contribution in [0.1, 0.15) is 22.3 Å². The molecule has 1 fully saturated rings. The van der Waals surface area contributed by atoms with Crippen molar-refractivity contribution in [3.05, 3.63) is 46.5 Å². The highest BCUT2D eigenvalue weighted by molar-refractivity contribution is 6.36. The molecule has 2 aromatic carbocycles. The van der Waals surface area contributed by atoms with Crippen molar-refractivity contribution < 1.29 is 22.7 Å². The van der Waals surface area contributed by atoms with Gasteiger partial charge in [-0.1, -0.05) is 17.7 Å². The van der Waals surface area contributed by atoms with Crippen molar-refractivity contribution >= 4 is 41.0 Å². The number of nitrogens with one attached hydrogen (secondary N) is 3. The van der Waals surface area contributed by atoms with Crippen LogP contribution in [0.15, 0.2) is 30.3 Å². The molecule has 1 aliphatic rings. The number of methoxy groups -OCH3 is 1. The number of nitrogens with zero attached hydrogens (tertiary/aromatic N) is 4. The Kier molecular flexibility index (Phi) is 7.78. The normalized spacial score (nSPS) is 15.9. The lowest BCUT2D eigenvalue weighted by Crippen LogP contribution is -2.39. The number of carbonyl (C=O) groups excluding carboxylic acids is 1. The predicted molar refractivity (Wildman–Crippen MR) is 138 cm³/mol. The van der Waals surface area contributed by atoms with Crippen LogP contribution in [0, 0.1) is 5.41 Å². The molecule has 2 heterocycles. The monoisotopic (exact) mass is 550 g/mol. The van der Waals surface area contributed by atoms with E-state index in [1.807, 2.05) is 0 Å². The van der Waals surface area contributed by atoms with Crippen LogP contribution in [0.2, 0.25) is 5.02 Å². The number of ether oxygens (including phenoxy) is 1. The molecule has 5 N–H and O–H groups in total. The van der Waals surface area contributed by atoms with E-state index < -0.39 is 24.7 Å². The number of likely N-dealkylation sites (tertiary alicyclic amines) is 1. The van der Waals surface area contributed by atoms with Gasteiger partial charge in [0.05, 0.1) is 29.9 Å². The third-order valence-corrected chi connectivity index (χ3v) is 6.49. The van der Waals surface area contributed by atoms with Gasteiger partial charge in [-0.2, -0.15) is 18.2 Å². The standard InChI is InChI=1S/C24H26ClF3N8O2/c1-35-23(32-18-6-5-17(30)16(10-29)20(18)25)33-21(34-35)13-3-4-15(19(9-13)38-2)22(37)31-14-7-8-36(11-14)12-24(26,27)28/h3-6,9-10,14,29H,7-8,11-12,30H2,1-2H3,(H,31,37)(H,32,33,34). The number of anilines is 3. The molecule has 14 heteroatoms. The summed E-state index contributed by atoms with van der Waals surface area (Å²) in [5.41, 5.74) is 7.92. The molecule has 10 nitrogen and oxygen atoms in total. The zero-order chi connectivity index (χ0) is 27.6. The minimum Gasteiger partial charge on any atom is -0.496 e. The first-order valence-electron chi connectivity index (χ1n) is 11.5. The summed E-state index contributed by atoms with van der Waals surface area (Å²) in [4.78, 5) is 18.7. The predicted octanol–water partition coefficient (Wildman–Crippen LogP) is 3.83. The maximum Gasteiger partial charge on any atom is 0.401 e. The molecule has 1 atom stereocenters. The van der Waals surface area contributed by atoms with Crippen LogP contribution >= 0.6 is 11.6 Å². The van der Waals surface area contributed by atoms with E-state index in [4.69, 9.17) is 27.5 Å². The van der Waals surface area contributed by atoms with Gasteiger partial charge in [0.15, 0.2) is 5.82 Å². The van der Waals surface area contributed by atoms with Crippen LogP contribution in [0.4, 0.5) is 30.5 Å². The minimum atomic E-state index is -4.28. The fourth-order valence-electron chi connectivity index (χ4n) is 4.22. The van der Waals surface area contributed by atoms with Crippen LogP contribution < -0.4 is 21.1 Å². The van der Waals surface area contributed by atoms with Gasteiger partial charge in [0.25, 0.3) is 5.91 Å². The van der Waals surface area contributed by atoms with Crippen molar-refractivity contribution in [2.24, 2.45) is 7.05 Å². The number of halogens is 4. The first kappa shape index (κ1) is 27.2. The number of carbonyl (C=O) groups is 1. The number of benzene rings is 2. The third kappa shape index (κ3) is 6.00. The molecule has 3 aromatic rings. The molecule has 4 rings (SSSR count). The number of aryl methyl sites for hydroxylation is 1. The summed E-state index contributed by atoms with van der Waals surface area (Å²) in [6, 6.07) is 7.73. The van der Waals surface area contributed by atoms with Crippen molar-refractivity contribution in [1.82, 2.24) is 25.0 Å². The van der Waals surface area contributed by atoms with E-state index in [-0.39, 0.29) is 29.4 Å². The minimum absolute atomic E-state index is 0.124. The number of amides is 1.